The number of primary sulfonamides is 1. The van der Waals surface area contributed by atoms with Gasteiger partial charge in [0.05, 0.1) is 24.8 Å². The van der Waals surface area contributed by atoms with Gasteiger partial charge in [-0.1, -0.05) is 12.1 Å². The van der Waals surface area contributed by atoms with Crippen LogP contribution in [0.25, 0.3) is 11.3 Å². The number of amides is 1. The van der Waals surface area contributed by atoms with Crippen molar-refractivity contribution in [2.45, 2.75) is 30.7 Å². The van der Waals surface area contributed by atoms with Gasteiger partial charge in [0.1, 0.15) is 0 Å². The van der Waals surface area contributed by atoms with E-state index in [2.05, 4.69) is 10.4 Å². The quantitative estimate of drug-likeness (QED) is 0.408. The van der Waals surface area contributed by atoms with E-state index < -0.39 is 10.0 Å². The van der Waals surface area contributed by atoms with E-state index in [1.54, 1.807) is 44.6 Å². The minimum absolute atomic E-state index is 0.0457. The molecule has 0 radical (unpaired) electrons. The Morgan fingerprint density at radius 1 is 1.03 bits per heavy atom. The van der Waals surface area contributed by atoms with E-state index in [-0.39, 0.29) is 22.8 Å². The summed E-state index contributed by atoms with van der Waals surface area (Å²) in [6.07, 6.45) is 1.22. The summed E-state index contributed by atoms with van der Waals surface area (Å²) in [5.41, 5.74) is 1.99. The Hall–Kier alpha value is -3.70. The molecule has 1 aromatic heterocycles. The SMILES string of the molecule is COc1ccc(-c2ccc(=O)n(CCCC(=O)NCCc3ccc(S(N)(=O)=O)cc3)n2)cc1OC. The van der Waals surface area contributed by atoms with E-state index in [4.69, 9.17) is 14.6 Å². The molecule has 0 saturated carbocycles. The van der Waals surface area contributed by atoms with Crippen molar-refractivity contribution < 1.29 is 22.7 Å². The summed E-state index contributed by atoms with van der Waals surface area (Å²) in [5, 5.41) is 12.3. The van der Waals surface area contributed by atoms with Gasteiger partial charge in [0.2, 0.25) is 15.9 Å². The van der Waals surface area contributed by atoms with Gasteiger partial charge < -0.3 is 14.8 Å². The Labute approximate surface area is 203 Å². The molecule has 1 heterocycles. The van der Waals surface area contributed by atoms with E-state index >= 15 is 0 Å². The molecule has 3 rings (SSSR count). The molecule has 0 fully saturated rings. The molecular weight excluding hydrogens is 472 g/mol. The summed E-state index contributed by atoms with van der Waals surface area (Å²) >= 11 is 0. The summed E-state index contributed by atoms with van der Waals surface area (Å²) in [5.74, 6) is 1.01. The third-order valence-corrected chi connectivity index (χ3v) is 6.24. The summed E-state index contributed by atoms with van der Waals surface area (Å²) in [6, 6.07) is 14.7. The smallest absolute Gasteiger partial charge is 0.266 e. The van der Waals surface area contributed by atoms with E-state index in [1.165, 1.54) is 22.9 Å². The molecule has 0 atom stereocenters. The second-order valence-electron chi connectivity index (χ2n) is 7.74. The molecule has 11 heteroatoms. The molecule has 0 unspecified atom stereocenters. The van der Waals surface area contributed by atoms with Crippen LogP contribution < -0.4 is 25.5 Å². The molecule has 2 aromatic carbocycles. The minimum atomic E-state index is -3.72. The van der Waals surface area contributed by atoms with Crippen molar-refractivity contribution >= 4 is 15.9 Å². The number of nitrogens with zero attached hydrogens (tertiary/aromatic N) is 2. The fourth-order valence-electron chi connectivity index (χ4n) is 3.43. The average molecular weight is 501 g/mol. The van der Waals surface area contributed by atoms with Crippen LogP contribution in [-0.4, -0.2) is 44.9 Å². The molecule has 3 N–H and O–H groups in total. The number of aryl methyl sites for hydroxylation is 1. The van der Waals surface area contributed by atoms with Crippen molar-refractivity contribution in [1.82, 2.24) is 15.1 Å². The fraction of sp³-hybridized carbons (Fsp3) is 0.292. The highest BCUT2D eigenvalue weighted by Crippen LogP contribution is 2.31. The van der Waals surface area contributed by atoms with E-state index in [0.717, 1.165) is 11.1 Å². The van der Waals surface area contributed by atoms with Gasteiger partial charge >= 0.3 is 0 Å². The number of nitrogens with one attached hydrogen (secondary N) is 1. The first-order chi connectivity index (χ1) is 16.7. The van der Waals surface area contributed by atoms with Crippen molar-refractivity contribution in [3.05, 3.63) is 70.5 Å². The number of benzene rings is 2. The maximum absolute atomic E-state index is 12.2. The van der Waals surface area contributed by atoms with Gasteiger partial charge in [0, 0.05) is 31.1 Å². The van der Waals surface area contributed by atoms with Crippen molar-refractivity contribution in [2.75, 3.05) is 20.8 Å². The molecule has 35 heavy (non-hydrogen) atoms. The van der Waals surface area contributed by atoms with Crippen LogP contribution in [0.4, 0.5) is 0 Å². The van der Waals surface area contributed by atoms with Gasteiger partial charge in [-0.05, 0) is 54.8 Å². The van der Waals surface area contributed by atoms with E-state index in [1.807, 2.05) is 6.07 Å². The number of carbonyl (C=O) groups is 1. The number of hydrogen-bond acceptors (Lipinski definition) is 7. The van der Waals surface area contributed by atoms with Gasteiger partial charge in [0.25, 0.3) is 5.56 Å². The summed E-state index contributed by atoms with van der Waals surface area (Å²) in [6.45, 7) is 0.697. The lowest BCUT2D eigenvalue weighted by atomic mass is 10.1. The maximum Gasteiger partial charge on any atom is 0.266 e. The number of hydrogen-bond donors (Lipinski definition) is 2. The number of ether oxygens (including phenoxy) is 2. The average Bonchev–Trinajstić information content (AvgIpc) is 2.84. The number of aromatic nitrogens is 2. The number of nitrogens with two attached hydrogens (primary N) is 1. The minimum Gasteiger partial charge on any atom is -0.493 e. The van der Waals surface area contributed by atoms with Gasteiger partial charge in [-0.3, -0.25) is 9.59 Å². The monoisotopic (exact) mass is 500 g/mol. The number of carbonyl (C=O) groups excluding carboxylic acids is 1. The van der Waals surface area contributed by atoms with Crippen molar-refractivity contribution in [3.63, 3.8) is 0 Å². The third kappa shape index (κ3) is 7.14. The Balaban J connectivity index is 1.51. The predicted molar refractivity (Wildman–Crippen MR) is 131 cm³/mol. The lowest BCUT2D eigenvalue weighted by Crippen LogP contribution is -2.27. The van der Waals surface area contributed by atoms with Crippen LogP contribution in [0, 0.1) is 0 Å². The largest absolute Gasteiger partial charge is 0.493 e. The lowest BCUT2D eigenvalue weighted by molar-refractivity contribution is -0.121. The van der Waals surface area contributed by atoms with E-state index in [9.17, 15) is 18.0 Å². The van der Waals surface area contributed by atoms with Gasteiger partial charge in [-0.15, -0.1) is 0 Å². The highest BCUT2D eigenvalue weighted by atomic mass is 32.2. The molecule has 3 aromatic rings. The highest BCUT2D eigenvalue weighted by Gasteiger charge is 2.10. The lowest BCUT2D eigenvalue weighted by Gasteiger charge is -2.11. The Morgan fingerprint density at radius 3 is 2.40 bits per heavy atom. The second kappa shape index (κ2) is 11.6. The number of rotatable bonds is 11. The summed E-state index contributed by atoms with van der Waals surface area (Å²) < 4.78 is 34.5. The van der Waals surface area contributed by atoms with Crippen LogP contribution in [0.5, 0.6) is 11.5 Å². The number of sulfonamides is 1. The standard InChI is InChI=1S/C24H28N4O6S/c1-33-21-11-7-18(16-22(21)34-2)20-10-12-24(30)28(27-20)15-3-4-23(29)26-14-13-17-5-8-19(9-6-17)35(25,31)32/h5-12,16H,3-4,13-15H2,1-2H3,(H,26,29)(H2,25,31,32). The zero-order chi connectivity index (χ0) is 25.4. The fourth-order valence-corrected chi connectivity index (χ4v) is 3.94. The molecule has 10 nitrogen and oxygen atoms in total. The van der Waals surface area contributed by atoms with Crippen molar-refractivity contribution in [3.8, 4) is 22.8 Å². The molecule has 186 valence electrons. The normalized spacial score (nSPS) is 11.2. The Kier molecular flexibility index (Phi) is 8.61. The molecule has 1 amide bonds. The van der Waals surface area contributed by atoms with Crippen LogP contribution in [0.2, 0.25) is 0 Å². The van der Waals surface area contributed by atoms with Crippen LogP contribution in [0.15, 0.2) is 64.3 Å². The molecule has 0 aliphatic rings. The first-order valence-corrected chi connectivity index (χ1v) is 12.4. The van der Waals surface area contributed by atoms with Crippen LogP contribution in [0.1, 0.15) is 18.4 Å². The van der Waals surface area contributed by atoms with Gasteiger partial charge in [-0.2, -0.15) is 5.10 Å². The van der Waals surface area contributed by atoms with Gasteiger partial charge in [0.15, 0.2) is 11.5 Å². The predicted octanol–water partition coefficient (Wildman–Crippen LogP) is 1.71. The Morgan fingerprint density at radius 2 is 1.74 bits per heavy atom. The van der Waals surface area contributed by atoms with Crippen LogP contribution >= 0.6 is 0 Å². The molecule has 0 saturated heterocycles. The van der Waals surface area contributed by atoms with Crippen LogP contribution in [-0.2, 0) is 27.8 Å². The van der Waals surface area contributed by atoms with E-state index in [0.29, 0.717) is 43.1 Å². The maximum atomic E-state index is 12.2. The Bertz CT molecular complexity index is 1340. The zero-order valence-electron chi connectivity index (χ0n) is 19.6. The summed E-state index contributed by atoms with van der Waals surface area (Å²) in [7, 11) is -0.622. The van der Waals surface area contributed by atoms with Gasteiger partial charge in [-0.25, -0.2) is 18.2 Å². The molecule has 0 aliphatic carbocycles. The molecule has 0 aliphatic heterocycles. The van der Waals surface area contributed by atoms with Crippen molar-refractivity contribution in [2.24, 2.45) is 5.14 Å². The van der Waals surface area contributed by atoms with Crippen LogP contribution in [0.3, 0.4) is 0 Å². The molecule has 0 bridgehead atoms. The third-order valence-electron chi connectivity index (χ3n) is 5.31. The molecular formula is C24H28N4O6S. The molecule has 0 spiro atoms. The first kappa shape index (κ1) is 25.9. The topological polar surface area (TPSA) is 143 Å². The first-order valence-electron chi connectivity index (χ1n) is 10.9. The number of methoxy groups -OCH3 is 2. The van der Waals surface area contributed by atoms with Crippen molar-refractivity contribution in [1.29, 1.82) is 0 Å². The zero-order valence-corrected chi connectivity index (χ0v) is 20.4. The second-order valence-corrected chi connectivity index (χ2v) is 9.30. The highest BCUT2D eigenvalue weighted by molar-refractivity contribution is 7.89. The summed E-state index contributed by atoms with van der Waals surface area (Å²) in [4.78, 5) is 24.4.